The molecule has 4 heteroatoms. The monoisotopic (exact) mass is 260 g/mol. The Balaban J connectivity index is 2.08. The van der Waals surface area contributed by atoms with Gasteiger partial charge in [-0.2, -0.15) is 0 Å². The molecule has 1 aromatic carbocycles. The maximum atomic E-state index is 11.7. The number of carbonyl (C=O) groups excluding carboxylic acids is 1. The number of ketones is 1. The maximum absolute atomic E-state index is 11.7. The first-order valence-electron chi connectivity index (χ1n) is 5.56. The van der Waals surface area contributed by atoms with Crippen molar-refractivity contribution in [3.63, 3.8) is 0 Å². The molecule has 2 aromatic rings. The van der Waals surface area contributed by atoms with E-state index in [-0.39, 0.29) is 18.6 Å². The van der Waals surface area contributed by atoms with E-state index in [0.29, 0.717) is 5.56 Å². The minimum Gasteiger partial charge on any atom is -0.481 e. The molecule has 1 aromatic heterocycles. The van der Waals surface area contributed by atoms with Gasteiger partial charge in [0.2, 0.25) is 0 Å². The van der Waals surface area contributed by atoms with Crippen LogP contribution in [-0.2, 0) is 4.79 Å². The van der Waals surface area contributed by atoms with Crippen LogP contribution < -0.4 is 0 Å². The van der Waals surface area contributed by atoms with E-state index >= 15 is 0 Å². The second-order valence-corrected chi connectivity index (χ2v) is 4.82. The quantitative estimate of drug-likeness (QED) is 0.837. The van der Waals surface area contributed by atoms with Gasteiger partial charge in [0.05, 0.1) is 6.42 Å². The lowest BCUT2D eigenvalue weighted by molar-refractivity contribution is -0.136. The van der Waals surface area contributed by atoms with Gasteiger partial charge < -0.3 is 5.11 Å². The number of rotatable bonds is 5. The van der Waals surface area contributed by atoms with Crippen LogP contribution in [0.25, 0.3) is 10.4 Å². The molecule has 18 heavy (non-hydrogen) atoms. The van der Waals surface area contributed by atoms with Crippen LogP contribution >= 0.6 is 11.3 Å². The zero-order valence-corrected chi connectivity index (χ0v) is 10.4. The number of hydrogen-bond acceptors (Lipinski definition) is 3. The van der Waals surface area contributed by atoms with E-state index in [4.69, 9.17) is 5.11 Å². The number of carboxylic acid groups (broad SMARTS) is 1. The van der Waals surface area contributed by atoms with E-state index in [9.17, 15) is 9.59 Å². The summed E-state index contributed by atoms with van der Waals surface area (Å²) in [5.41, 5.74) is 1.64. The van der Waals surface area contributed by atoms with Crippen molar-refractivity contribution in [2.24, 2.45) is 0 Å². The highest BCUT2D eigenvalue weighted by Gasteiger charge is 2.08. The molecular weight excluding hydrogens is 248 g/mol. The van der Waals surface area contributed by atoms with Crippen molar-refractivity contribution in [3.05, 3.63) is 47.3 Å². The number of carboxylic acids is 1. The summed E-state index contributed by atoms with van der Waals surface area (Å²) in [6.07, 6.45) is -0.0702. The average Bonchev–Trinajstić information content (AvgIpc) is 2.90. The Labute approximate surface area is 109 Å². The van der Waals surface area contributed by atoms with Gasteiger partial charge in [0.25, 0.3) is 0 Å². The molecule has 0 aliphatic rings. The highest BCUT2D eigenvalue weighted by molar-refractivity contribution is 7.13. The van der Waals surface area contributed by atoms with Gasteiger partial charge in [-0.25, -0.2) is 0 Å². The molecule has 0 saturated heterocycles. The van der Waals surface area contributed by atoms with Crippen molar-refractivity contribution in [2.45, 2.75) is 12.8 Å². The minimum atomic E-state index is -0.946. The number of thiophene rings is 1. The molecule has 92 valence electrons. The first-order valence-corrected chi connectivity index (χ1v) is 6.44. The molecule has 0 aliphatic carbocycles. The normalized spacial score (nSPS) is 10.2. The molecule has 1 heterocycles. The number of aliphatic carboxylic acids is 1. The van der Waals surface area contributed by atoms with Gasteiger partial charge in [0, 0.05) is 16.9 Å². The van der Waals surface area contributed by atoms with Crippen LogP contribution in [0.15, 0.2) is 41.8 Å². The third kappa shape index (κ3) is 3.05. The summed E-state index contributed by atoms with van der Waals surface area (Å²) in [5.74, 6) is -1.08. The highest BCUT2D eigenvalue weighted by atomic mass is 32.1. The fourth-order valence-electron chi connectivity index (χ4n) is 1.63. The standard InChI is InChI=1S/C14H12O3S/c15-12(7-8-14(16)17)10-3-5-11(6-4-10)13-2-1-9-18-13/h1-6,9H,7-8H2,(H,16,17). The van der Waals surface area contributed by atoms with Gasteiger partial charge >= 0.3 is 5.97 Å². The maximum Gasteiger partial charge on any atom is 0.303 e. The van der Waals surface area contributed by atoms with Crippen molar-refractivity contribution >= 4 is 23.1 Å². The van der Waals surface area contributed by atoms with Crippen molar-refractivity contribution in [1.82, 2.24) is 0 Å². The minimum absolute atomic E-state index is 0.0493. The van der Waals surface area contributed by atoms with Gasteiger partial charge in [-0.15, -0.1) is 11.3 Å². The Morgan fingerprint density at radius 3 is 2.33 bits per heavy atom. The second kappa shape index (κ2) is 5.60. The zero-order chi connectivity index (χ0) is 13.0. The lowest BCUT2D eigenvalue weighted by Gasteiger charge is -2.01. The Hall–Kier alpha value is -1.94. The fourth-order valence-corrected chi connectivity index (χ4v) is 2.36. The SMILES string of the molecule is O=C(O)CCC(=O)c1ccc(-c2cccs2)cc1. The van der Waals surface area contributed by atoms with E-state index in [1.54, 1.807) is 23.5 Å². The van der Waals surface area contributed by atoms with Gasteiger partial charge in [-0.05, 0) is 17.0 Å². The number of benzene rings is 1. The van der Waals surface area contributed by atoms with Crippen LogP contribution in [-0.4, -0.2) is 16.9 Å². The summed E-state index contributed by atoms with van der Waals surface area (Å²) >= 11 is 1.64. The van der Waals surface area contributed by atoms with Crippen molar-refractivity contribution in [2.75, 3.05) is 0 Å². The zero-order valence-electron chi connectivity index (χ0n) is 9.63. The second-order valence-electron chi connectivity index (χ2n) is 3.87. The van der Waals surface area contributed by atoms with Crippen LogP contribution in [0.4, 0.5) is 0 Å². The number of hydrogen-bond donors (Lipinski definition) is 1. The van der Waals surface area contributed by atoms with E-state index in [1.807, 2.05) is 29.6 Å². The van der Waals surface area contributed by atoms with E-state index in [1.165, 1.54) is 0 Å². The molecule has 0 amide bonds. The van der Waals surface area contributed by atoms with Crippen molar-refractivity contribution in [1.29, 1.82) is 0 Å². The van der Waals surface area contributed by atoms with Crippen LogP contribution in [0.5, 0.6) is 0 Å². The molecular formula is C14H12O3S. The lowest BCUT2D eigenvalue weighted by atomic mass is 10.0. The smallest absolute Gasteiger partial charge is 0.303 e. The van der Waals surface area contributed by atoms with Crippen LogP contribution in [0.1, 0.15) is 23.2 Å². The predicted molar refractivity (Wildman–Crippen MR) is 71.0 cm³/mol. The summed E-state index contributed by atoms with van der Waals surface area (Å²) < 4.78 is 0. The topological polar surface area (TPSA) is 54.4 Å². The predicted octanol–water partition coefficient (Wildman–Crippen LogP) is 3.46. The Morgan fingerprint density at radius 2 is 1.78 bits per heavy atom. The number of carbonyl (C=O) groups is 2. The third-order valence-electron chi connectivity index (χ3n) is 2.58. The lowest BCUT2D eigenvalue weighted by Crippen LogP contribution is -2.03. The van der Waals surface area contributed by atoms with E-state index < -0.39 is 5.97 Å². The van der Waals surface area contributed by atoms with Crippen LogP contribution in [0.3, 0.4) is 0 Å². The average molecular weight is 260 g/mol. The first-order chi connectivity index (χ1) is 8.66. The van der Waals surface area contributed by atoms with Gasteiger partial charge in [0.15, 0.2) is 5.78 Å². The summed E-state index contributed by atoms with van der Waals surface area (Å²) in [6, 6.07) is 11.3. The molecule has 2 rings (SSSR count). The third-order valence-corrected chi connectivity index (χ3v) is 3.50. The number of Topliss-reactive ketones (excluding diaryl/α,β-unsaturated/α-hetero) is 1. The fraction of sp³-hybridized carbons (Fsp3) is 0.143. The molecule has 3 nitrogen and oxygen atoms in total. The van der Waals surface area contributed by atoms with Gasteiger partial charge in [-0.1, -0.05) is 30.3 Å². The Bertz CT molecular complexity index is 541. The Morgan fingerprint density at radius 1 is 1.06 bits per heavy atom. The van der Waals surface area contributed by atoms with Gasteiger partial charge in [0.1, 0.15) is 0 Å². The molecule has 0 radical (unpaired) electrons. The molecule has 0 aliphatic heterocycles. The molecule has 0 saturated carbocycles. The van der Waals surface area contributed by atoms with Crippen LogP contribution in [0, 0.1) is 0 Å². The van der Waals surface area contributed by atoms with Crippen LogP contribution in [0.2, 0.25) is 0 Å². The summed E-state index contributed by atoms with van der Waals surface area (Å²) in [4.78, 5) is 23.2. The molecule has 0 fully saturated rings. The van der Waals surface area contributed by atoms with Crippen molar-refractivity contribution < 1.29 is 14.7 Å². The van der Waals surface area contributed by atoms with E-state index in [0.717, 1.165) is 10.4 Å². The first kappa shape index (κ1) is 12.5. The summed E-state index contributed by atoms with van der Waals surface area (Å²) in [6.45, 7) is 0. The molecule has 0 spiro atoms. The molecule has 0 unspecified atom stereocenters. The highest BCUT2D eigenvalue weighted by Crippen LogP contribution is 2.24. The molecule has 0 atom stereocenters. The van der Waals surface area contributed by atoms with E-state index in [2.05, 4.69) is 0 Å². The largest absolute Gasteiger partial charge is 0.481 e. The van der Waals surface area contributed by atoms with Gasteiger partial charge in [-0.3, -0.25) is 9.59 Å². The summed E-state index contributed by atoms with van der Waals surface area (Å²) in [7, 11) is 0. The summed E-state index contributed by atoms with van der Waals surface area (Å²) in [5, 5.41) is 10.5. The van der Waals surface area contributed by atoms with Crippen molar-refractivity contribution in [3.8, 4) is 10.4 Å². The molecule has 0 bridgehead atoms. The Kier molecular flexibility index (Phi) is 3.89. The molecule has 1 N–H and O–H groups in total.